The van der Waals surface area contributed by atoms with Gasteiger partial charge in [-0.05, 0) is 31.1 Å². The third-order valence-corrected chi connectivity index (χ3v) is 3.71. The molecule has 0 aromatic heterocycles. The maximum Gasteiger partial charge on any atom is 0.205 e. The van der Waals surface area contributed by atoms with E-state index in [2.05, 4.69) is 36.5 Å². The van der Waals surface area contributed by atoms with E-state index < -0.39 is 0 Å². The molecular formula is C12H26N4. The molecular weight excluding hydrogens is 200 g/mol. The summed E-state index contributed by atoms with van der Waals surface area (Å²) in [6.45, 7) is 7.63. The molecule has 0 spiro atoms. The predicted molar refractivity (Wildman–Crippen MR) is 69.0 cm³/mol. The smallest absolute Gasteiger partial charge is 0.205 e. The summed E-state index contributed by atoms with van der Waals surface area (Å²) < 4.78 is 0. The molecule has 4 heteroatoms. The van der Waals surface area contributed by atoms with Crippen LogP contribution in [-0.2, 0) is 0 Å². The molecule has 0 radical (unpaired) electrons. The predicted octanol–water partition coefficient (Wildman–Crippen LogP) is 1.63. The van der Waals surface area contributed by atoms with Gasteiger partial charge in [-0.3, -0.25) is 10.4 Å². The van der Waals surface area contributed by atoms with Crippen molar-refractivity contribution in [2.45, 2.75) is 52.5 Å². The first kappa shape index (κ1) is 13.3. The Morgan fingerprint density at radius 3 is 2.62 bits per heavy atom. The SMILES string of the molecule is CCCCN=C(NN)NC1CCC(C)C1C. The quantitative estimate of drug-likeness (QED) is 0.224. The first-order chi connectivity index (χ1) is 7.69. The molecule has 1 aliphatic rings. The van der Waals surface area contributed by atoms with Crippen molar-refractivity contribution in [1.29, 1.82) is 0 Å². The van der Waals surface area contributed by atoms with Gasteiger partial charge >= 0.3 is 0 Å². The van der Waals surface area contributed by atoms with E-state index in [4.69, 9.17) is 5.84 Å². The maximum absolute atomic E-state index is 5.47. The summed E-state index contributed by atoms with van der Waals surface area (Å²) in [6.07, 6.45) is 4.80. The average Bonchev–Trinajstić information content (AvgIpc) is 2.59. The lowest BCUT2D eigenvalue weighted by atomic mass is 9.98. The van der Waals surface area contributed by atoms with Gasteiger partial charge in [0.1, 0.15) is 0 Å². The third kappa shape index (κ3) is 3.67. The van der Waals surface area contributed by atoms with Crippen LogP contribution in [-0.4, -0.2) is 18.5 Å². The number of hydrazine groups is 1. The highest BCUT2D eigenvalue weighted by atomic mass is 15.3. The highest BCUT2D eigenvalue weighted by Crippen LogP contribution is 2.30. The Morgan fingerprint density at radius 1 is 1.38 bits per heavy atom. The van der Waals surface area contributed by atoms with E-state index in [1.807, 2.05) is 0 Å². The fraction of sp³-hybridized carbons (Fsp3) is 0.917. The first-order valence-corrected chi connectivity index (χ1v) is 6.46. The lowest BCUT2D eigenvalue weighted by molar-refractivity contribution is 0.400. The Labute approximate surface area is 99.1 Å². The van der Waals surface area contributed by atoms with E-state index in [1.54, 1.807) is 0 Å². The number of hydrogen-bond donors (Lipinski definition) is 3. The van der Waals surface area contributed by atoms with Crippen LogP contribution in [0.2, 0.25) is 0 Å². The van der Waals surface area contributed by atoms with E-state index in [9.17, 15) is 0 Å². The Hall–Kier alpha value is -0.770. The van der Waals surface area contributed by atoms with Crippen LogP contribution in [0.1, 0.15) is 46.5 Å². The molecule has 0 aromatic carbocycles. The standard InChI is InChI=1S/C12H26N4/c1-4-5-8-14-12(16-13)15-11-7-6-9(2)10(11)3/h9-11H,4-8,13H2,1-3H3,(H2,14,15,16). The van der Waals surface area contributed by atoms with Crippen LogP contribution >= 0.6 is 0 Å². The van der Waals surface area contributed by atoms with Crippen LogP contribution in [0.3, 0.4) is 0 Å². The van der Waals surface area contributed by atoms with Crippen molar-refractivity contribution in [1.82, 2.24) is 10.7 Å². The van der Waals surface area contributed by atoms with E-state index in [0.29, 0.717) is 12.0 Å². The highest BCUT2D eigenvalue weighted by molar-refractivity contribution is 5.79. The van der Waals surface area contributed by atoms with Crippen molar-refractivity contribution < 1.29 is 0 Å². The Balaban J connectivity index is 2.41. The minimum Gasteiger partial charge on any atom is -0.352 e. The molecule has 0 saturated heterocycles. The Bertz CT molecular complexity index is 227. The third-order valence-electron chi connectivity index (χ3n) is 3.71. The highest BCUT2D eigenvalue weighted by Gasteiger charge is 2.29. The minimum atomic E-state index is 0.520. The van der Waals surface area contributed by atoms with Crippen LogP contribution < -0.4 is 16.6 Å². The van der Waals surface area contributed by atoms with Gasteiger partial charge in [-0.1, -0.05) is 27.2 Å². The van der Waals surface area contributed by atoms with Crippen molar-refractivity contribution in [2.75, 3.05) is 6.54 Å². The second kappa shape index (κ2) is 6.74. The number of nitrogens with one attached hydrogen (secondary N) is 2. The number of nitrogens with zero attached hydrogens (tertiary/aromatic N) is 1. The van der Waals surface area contributed by atoms with Crippen molar-refractivity contribution in [3.05, 3.63) is 0 Å². The molecule has 1 rings (SSSR count). The van der Waals surface area contributed by atoms with E-state index in [0.717, 1.165) is 31.3 Å². The molecule has 94 valence electrons. The second-order valence-corrected chi connectivity index (χ2v) is 4.89. The van der Waals surface area contributed by atoms with Gasteiger partial charge in [0.2, 0.25) is 5.96 Å². The average molecular weight is 226 g/mol. The van der Waals surface area contributed by atoms with E-state index in [1.165, 1.54) is 12.8 Å². The molecule has 1 fully saturated rings. The largest absolute Gasteiger partial charge is 0.352 e. The number of rotatable bonds is 4. The molecule has 3 atom stereocenters. The molecule has 3 unspecified atom stereocenters. The van der Waals surface area contributed by atoms with Gasteiger partial charge in [-0.25, -0.2) is 5.84 Å². The summed E-state index contributed by atoms with van der Waals surface area (Å²) in [4.78, 5) is 4.42. The maximum atomic E-state index is 5.47. The van der Waals surface area contributed by atoms with Crippen molar-refractivity contribution in [2.24, 2.45) is 22.7 Å². The van der Waals surface area contributed by atoms with Crippen molar-refractivity contribution >= 4 is 5.96 Å². The van der Waals surface area contributed by atoms with Gasteiger partial charge in [0.05, 0.1) is 0 Å². The van der Waals surface area contributed by atoms with Crippen LogP contribution in [0, 0.1) is 11.8 Å². The summed E-state index contributed by atoms with van der Waals surface area (Å²) in [5.41, 5.74) is 2.66. The number of unbranched alkanes of at least 4 members (excludes halogenated alkanes) is 1. The summed E-state index contributed by atoms with van der Waals surface area (Å²) in [6, 6.07) is 0.520. The van der Waals surface area contributed by atoms with Gasteiger partial charge in [-0.2, -0.15) is 0 Å². The number of aliphatic imine (C=N–C) groups is 1. The molecule has 1 saturated carbocycles. The first-order valence-electron chi connectivity index (χ1n) is 6.46. The van der Waals surface area contributed by atoms with Gasteiger partial charge < -0.3 is 5.32 Å². The molecule has 0 amide bonds. The zero-order valence-electron chi connectivity index (χ0n) is 10.8. The summed E-state index contributed by atoms with van der Waals surface area (Å²) >= 11 is 0. The molecule has 0 heterocycles. The lowest BCUT2D eigenvalue weighted by Crippen LogP contribution is -2.47. The van der Waals surface area contributed by atoms with E-state index >= 15 is 0 Å². The van der Waals surface area contributed by atoms with Crippen LogP contribution in [0.5, 0.6) is 0 Å². The normalized spacial score (nSPS) is 30.5. The minimum absolute atomic E-state index is 0.520. The fourth-order valence-corrected chi connectivity index (χ4v) is 2.23. The molecule has 0 bridgehead atoms. The molecule has 0 aliphatic heterocycles. The van der Waals surface area contributed by atoms with Crippen molar-refractivity contribution in [3.63, 3.8) is 0 Å². The Kier molecular flexibility index (Phi) is 5.60. The molecule has 16 heavy (non-hydrogen) atoms. The Morgan fingerprint density at radius 2 is 2.12 bits per heavy atom. The van der Waals surface area contributed by atoms with Crippen LogP contribution in [0.25, 0.3) is 0 Å². The van der Waals surface area contributed by atoms with Gasteiger partial charge in [-0.15, -0.1) is 0 Å². The zero-order valence-corrected chi connectivity index (χ0v) is 10.8. The molecule has 0 aromatic rings. The second-order valence-electron chi connectivity index (χ2n) is 4.89. The van der Waals surface area contributed by atoms with E-state index in [-0.39, 0.29) is 0 Å². The van der Waals surface area contributed by atoms with Crippen molar-refractivity contribution in [3.8, 4) is 0 Å². The topological polar surface area (TPSA) is 62.4 Å². The number of hydrogen-bond acceptors (Lipinski definition) is 2. The lowest BCUT2D eigenvalue weighted by Gasteiger charge is -2.21. The molecule has 4 nitrogen and oxygen atoms in total. The van der Waals surface area contributed by atoms with Gasteiger partial charge in [0.15, 0.2) is 0 Å². The van der Waals surface area contributed by atoms with Gasteiger partial charge in [0.25, 0.3) is 0 Å². The summed E-state index contributed by atoms with van der Waals surface area (Å²) in [7, 11) is 0. The zero-order chi connectivity index (χ0) is 12.0. The molecule has 4 N–H and O–H groups in total. The fourth-order valence-electron chi connectivity index (χ4n) is 2.23. The van der Waals surface area contributed by atoms with Crippen LogP contribution in [0.4, 0.5) is 0 Å². The number of guanidine groups is 1. The monoisotopic (exact) mass is 226 g/mol. The summed E-state index contributed by atoms with van der Waals surface area (Å²) in [5.74, 6) is 7.72. The molecule has 1 aliphatic carbocycles. The van der Waals surface area contributed by atoms with Gasteiger partial charge in [0, 0.05) is 12.6 Å². The van der Waals surface area contributed by atoms with Crippen LogP contribution in [0.15, 0.2) is 4.99 Å². The number of nitrogens with two attached hydrogens (primary N) is 1. The summed E-state index contributed by atoms with van der Waals surface area (Å²) in [5, 5.41) is 3.42.